The predicted molar refractivity (Wildman–Crippen MR) is 94.5 cm³/mol. The van der Waals surface area contributed by atoms with E-state index in [2.05, 4.69) is 10.6 Å². The summed E-state index contributed by atoms with van der Waals surface area (Å²) in [5.74, 6) is 0.401. The number of aryl methyl sites for hydroxylation is 1. The summed E-state index contributed by atoms with van der Waals surface area (Å²) in [6.07, 6.45) is -1.28. The topological polar surface area (TPSA) is 96.9 Å². The summed E-state index contributed by atoms with van der Waals surface area (Å²) in [4.78, 5) is 23.1. The molecule has 7 nitrogen and oxygen atoms in total. The molecule has 0 aliphatic heterocycles. The van der Waals surface area contributed by atoms with Gasteiger partial charge < -0.3 is 25.2 Å². The number of hydrogen-bond donors (Lipinski definition) is 3. The van der Waals surface area contributed by atoms with Crippen LogP contribution in [0.3, 0.4) is 0 Å². The third-order valence-electron chi connectivity index (χ3n) is 2.99. The Morgan fingerprint density at radius 1 is 1.24 bits per heavy atom. The van der Waals surface area contributed by atoms with Gasteiger partial charge in [0.2, 0.25) is 5.91 Å². The second kappa shape index (κ2) is 9.88. The number of alkyl carbamates (subject to hydrolysis) is 1. The second-order valence-corrected chi connectivity index (χ2v) is 6.76. The fourth-order valence-corrected chi connectivity index (χ4v) is 1.87. The van der Waals surface area contributed by atoms with Gasteiger partial charge in [-0.2, -0.15) is 0 Å². The van der Waals surface area contributed by atoms with Gasteiger partial charge in [-0.05, 0) is 45.4 Å². The van der Waals surface area contributed by atoms with Crippen molar-refractivity contribution in [3.05, 3.63) is 29.8 Å². The lowest BCUT2D eigenvalue weighted by molar-refractivity contribution is -0.121. The molecule has 2 amide bonds. The molecule has 0 bridgehead atoms. The van der Waals surface area contributed by atoms with Gasteiger partial charge in [-0.3, -0.25) is 4.79 Å². The summed E-state index contributed by atoms with van der Waals surface area (Å²) < 4.78 is 10.5. The van der Waals surface area contributed by atoms with Gasteiger partial charge in [-0.15, -0.1) is 0 Å². The zero-order valence-corrected chi connectivity index (χ0v) is 15.3. The average Bonchev–Trinajstić information content (AvgIpc) is 2.49. The smallest absolute Gasteiger partial charge is 0.407 e. The van der Waals surface area contributed by atoms with Gasteiger partial charge in [0.15, 0.2) is 0 Å². The number of aliphatic hydroxyl groups excluding tert-OH is 1. The molecule has 1 rings (SSSR count). The van der Waals surface area contributed by atoms with E-state index in [0.717, 1.165) is 5.56 Å². The zero-order chi connectivity index (χ0) is 18.9. The molecular weight excluding hydrogens is 324 g/mol. The Bertz CT molecular complexity index is 569. The van der Waals surface area contributed by atoms with Gasteiger partial charge in [0.05, 0.1) is 0 Å². The number of carbonyl (C=O) groups is 2. The van der Waals surface area contributed by atoms with Gasteiger partial charge in [-0.1, -0.05) is 12.1 Å². The van der Waals surface area contributed by atoms with Gasteiger partial charge in [0, 0.05) is 19.5 Å². The molecule has 25 heavy (non-hydrogen) atoms. The summed E-state index contributed by atoms with van der Waals surface area (Å²) in [6.45, 7) is 7.57. The molecule has 0 spiro atoms. The molecule has 1 aromatic rings. The zero-order valence-electron chi connectivity index (χ0n) is 15.3. The van der Waals surface area contributed by atoms with Crippen LogP contribution in [0.1, 0.15) is 32.8 Å². The second-order valence-electron chi connectivity index (χ2n) is 6.76. The Balaban J connectivity index is 2.15. The van der Waals surface area contributed by atoms with Crippen LogP contribution < -0.4 is 15.4 Å². The first-order valence-corrected chi connectivity index (χ1v) is 8.27. The van der Waals surface area contributed by atoms with Crippen LogP contribution in [0, 0.1) is 6.92 Å². The van der Waals surface area contributed by atoms with Crippen LogP contribution in [0.25, 0.3) is 0 Å². The van der Waals surface area contributed by atoms with E-state index >= 15 is 0 Å². The van der Waals surface area contributed by atoms with E-state index in [4.69, 9.17) is 9.47 Å². The summed E-state index contributed by atoms with van der Waals surface area (Å²) in [6, 6.07) is 7.50. The minimum Gasteiger partial charge on any atom is -0.491 e. The van der Waals surface area contributed by atoms with Crippen molar-refractivity contribution in [1.82, 2.24) is 10.6 Å². The predicted octanol–water partition coefficient (Wildman–Crippen LogP) is 1.77. The lowest BCUT2D eigenvalue weighted by atomic mass is 10.2. The van der Waals surface area contributed by atoms with Crippen LogP contribution in [0.15, 0.2) is 24.3 Å². The van der Waals surface area contributed by atoms with Crippen LogP contribution in [-0.4, -0.2) is 48.5 Å². The Kier molecular flexibility index (Phi) is 8.21. The first-order chi connectivity index (χ1) is 11.7. The van der Waals surface area contributed by atoms with Crippen molar-refractivity contribution in [2.75, 3.05) is 19.7 Å². The molecule has 0 aliphatic carbocycles. The van der Waals surface area contributed by atoms with Gasteiger partial charge in [0.1, 0.15) is 24.1 Å². The highest BCUT2D eigenvalue weighted by atomic mass is 16.6. The van der Waals surface area contributed by atoms with E-state index in [1.165, 1.54) is 0 Å². The monoisotopic (exact) mass is 352 g/mol. The molecule has 0 saturated carbocycles. The Morgan fingerprint density at radius 3 is 2.60 bits per heavy atom. The van der Waals surface area contributed by atoms with E-state index in [1.54, 1.807) is 26.8 Å². The summed E-state index contributed by atoms with van der Waals surface area (Å²) in [5, 5.41) is 14.9. The highest BCUT2D eigenvalue weighted by Gasteiger charge is 2.16. The van der Waals surface area contributed by atoms with Crippen molar-refractivity contribution >= 4 is 12.0 Å². The average molecular weight is 352 g/mol. The first kappa shape index (κ1) is 20.8. The Morgan fingerprint density at radius 2 is 1.96 bits per heavy atom. The molecule has 0 aliphatic rings. The molecule has 0 radical (unpaired) electrons. The number of benzene rings is 1. The summed E-state index contributed by atoms with van der Waals surface area (Å²) >= 11 is 0. The maximum absolute atomic E-state index is 11.7. The van der Waals surface area contributed by atoms with E-state index < -0.39 is 17.8 Å². The van der Waals surface area contributed by atoms with Crippen molar-refractivity contribution in [1.29, 1.82) is 0 Å². The fraction of sp³-hybridized carbons (Fsp3) is 0.556. The van der Waals surface area contributed by atoms with Crippen molar-refractivity contribution in [2.24, 2.45) is 0 Å². The molecule has 0 heterocycles. The van der Waals surface area contributed by atoms with Crippen molar-refractivity contribution in [3.63, 3.8) is 0 Å². The number of hydrogen-bond acceptors (Lipinski definition) is 5. The standard InChI is InChI=1S/C18H28N2O5/c1-13-6-5-7-15(10-13)24-12-14(21)11-20-16(22)8-9-19-17(23)25-18(2,3)4/h5-7,10,14,21H,8-9,11-12H2,1-4H3,(H,19,23)(H,20,22). The first-order valence-electron chi connectivity index (χ1n) is 8.27. The minimum absolute atomic E-state index is 0.0804. The molecule has 3 N–H and O–H groups in total. The lowest BCUT2D eigenvalue weighted by Gasteiger charge is -2.19. The number of aliphatic hydroxyl groups is 1. The van der Waals surface area contributed by atoms with Gasteiger partial charge in [-0.25, -0.2) is 4.79 Å². The fourth-order valence-electron chi connectivity index (χ4n) is 1.87. The largest absolute Gasteiger partial charge is 0.491 e. The van der Waals surface area contributed by atoms with Gasteiger partial charge >= 0.3 is 6.09 Å². The number of carbonyl (C=O) groups excluding carboxylic acids is 2. The minimum atomic E-state index is -0.816. The highest BCUT2D eigenvalue weighted by Crippen LogP contribution is 2.12. The molecule has 1 aromatic carbocycles. The lowest BCUT2D eigenvalue weighted by Crippen LogP contribution is -2.38. The van der Waals surface area contributed by atoms with E-state index in [-0.39, 0.29) is 32.0 Å². The molecular formula is C18H28N2O5. The van der Waals surface area contributed by atoms with Crippen LogP contribution in [0.5, 0.6) is 5.75 Å². The molecule has 140 valence electrons. The van der Waals surface area contributed by atoms with Crippen molar-refractivity contribution in [3.8, 4) is 5.75 Å². The third kappa shape index (κ3) is 10.2. The van der Waals surface area contributed by atoms with Crippen LogP contribution in [0.2, 0.25) is 0 Å². The maximum Gasteiger partial charge on any atom is 0.407 e. The number of ether oxygens (including phenoxy) is 2. The molecule has 0 saturated heterocycles. The van der Waals surface area contributed by atoms with Gasteiger partial charge in [0.25, 0.3) is 0 Å². The highest BCUT2D eigenvalue weighted by molar-refractivity contribution is 5.77. The Labute approximate surface area is 148 Å². The number of nitrogens with one attached hydrogen (secondary N) is 2. The van der Waals surface area contributed by atoms with Crippen LogP contribution in [0.4, 0.5) is 4.79 Å². The summed E-state index contributed by atoms with van der Waals surface area (Å²) in [7, 11) is 0. The SMILES string of the molecule is Cc1cccc(OCC(O)CNC(=O)CCNC(=O)OC(C)(C)C)c1. The van der Waals surface area contributed by atoms with E-state index in [9.17, 15) is 14.7 Å². The molecule has 0 aromatic heterocycles. The normalized spacial score (nSPS) is 12.2. The maximum atomic E-state index is 11.7. The van der Waals surface area contributed by atoms with Crippen LogP contribution >= 0.6 is 0 Å². The van der Waals surface area contributed by atoms with Crippen LogP contribution in [-0.2, 0) is 9.53 Å². The third-order valence-corrected chi connectivity index (χ3v) is 2.99. The van der Waals surface area contributed by atoms with Crippen molar-refractivity contribution in [2.45, 2.75) is 45.8 Å². The summed E-state index contributed by atoms with van der Waals surface area (Å²) in [5.41, 5.74) is 0.492. The quantitative estimate of drug-likeness (QED) is 0.662. The molecule has 0 fully saturated rings. The molecule has 1 unspecified atom stereocenters. The van der Waals surface area contributed by atoms with E-state index in [0.29, 0.717) is 5.75 Å². The number of amides is 2. The van der Waals surface area contributed by atoms with E-state index in [1.807, 2.05) is 25.1 Å². The number of rotatable bonds is 8. The molecule has 7 heteroatoms. The van der Waals surface area contributed by atoms with Crippen molar-refractivity contribution < 1.29 is 24.2 Å². The molecule has 1 atom stereocenters. The Hall–Kier alpha value is -2.28.